The van der Waals surface area contributed by atoms with Crippen molar-refractivity contribution in [2.75, 3.05) is 11.1 Å². The second-order valence-electron chi connectivity index (χ2n) is 11.7. The summed E-state index contributed by atoms with van der Waals surface area (Å²) >= 11 is 19.8. The van der Waals surface area contributed by atoms with Gasteiger partial charge in [-0.15, -0.1) is 11.8 Å². The van der Waals surface area contributed by atoms with E-state index in [0.29, 0.717) is 27.1 Å². The molecule has 4 nitrogen and oxygen atoms in total. The topological polar surface area (TPSA) is 50.1 Å². The van der Waals surface area contributed by atoms with Gasteiger partial charge in [-0.25, -0.2) is 4.98 Å². The molecule has 2 heterocycles. The maximum absolute atomic E-state index is 12.3. The van der Waals surface area contributed by atoms with Crippen LogP contribution in [-0.4, -0.2) is 126 Å². The van der Waals surface area contributed by atoms with Crippen LogP contribution in [0.5, 0.6) is 0 Å². The number of imidazole rings is 1. The van der Waals surface area contributed by atoms with Crippen molar-refractivity contribution in [3.05, 3.63) is 117 Å². The lowest BCUT2D eigenvalue weighted by atomic mass is 8.47. The monoisotopic (exact) mass is 679 g/mol. The Kier molecular flexibility index (Phi) is 14.1. The van der Waals surface area contributed by atoms with Gasteiger partial charge in [-0.05, 0) is 58.7 Å². The Balaban J connectivity index is 0.000000316. The van der Waals surface area contributed by atoms with E-state index in [2.05, 4.69) is 22.4 Å². The number of thiocarbonyl (C=S) groups is 1. The highest BCUT2D eigenvalue weighted by molar-refractivity contribution is 8.11. The van der Waals surface area contributed by atoms with Gasteiger partial charge in [0.1, 0.15) is 0 Å². The molecule has 1 aromatic heterocycles. The van der Waals surface area contributed by atoms with Crippen LogP contribution in [0.25, 0.3) is 0 Å². The second-order valence-corrected chi connectivity index (χ2v) is 14.1. The average Bonchev–Trinajstić information content (AvgIpc) is 3.38. The van der Waals surface area contributed by atoms with Crippen LogP contribution in [0.1, 0.15) is 33.2 Å². The summed E-state index contributed by atoms with van der Waals surface area (Å²) in [6, 6.07) is 21.1. The predicted molar refractivity (Wildman–Crippen MR) is 226 cm³/mol. The van der Waals surface area contributed by atoms with Crippen molar-refractivity contribution in [3.8, 4) is 0 Å². The first-order chi connectivity index (χ1) is 22.6. The Bertz CT molecular complexity index is 1670. The summed E-state index contributed by atoms with van der Waals surface area (Å²) in [6.45, 7) is 0. The van der Waals surface area contributed by atoms with Crippen LogP contribution in [0.4, 0.5) is 5.69 Å². The highest BCUT2D eigenvalue weighted by Gasteiger charge is 2.38. The molecule has 0 bridgehead atoms. The van der Waals surface area contributed by atoms with Crippen LogP contribution in [0.15, 0.2) is 79.3 Å². The van der Waals surface area contributed by atoms with Crippen LogP contribution in [-0.2, 0) is 12.6 Å². The van der Waals surface area contributed by atoms with E-state index in [4.69, 9.17) is 97.3 Å². The number of nitrogens with one attached hydrogen (secondary N) is 1. The van der Waals surface area contributed by atoms with E-state index < -0.39 is 43.9 Å². The van der Waals surface area contributed by atoms with Gasteiger partial charge >= 0.3 is 0 Å². The Morgan fingerprint density at radius 2 is 1.44 bits per heavy atom. The minimum Gasteiger partial charge on any atom is -0.374 e. The minimum absolute atomic E-state index is 0.0115. The van der Waals surface area contributed by atoms with Crippen LogP contribution < -0.4 is 5.32 Å². The maximum atomic E-state index is 12.3. The molecule has 22 heteroatoms. The zero-order valence-electron chi connectivity index (χ0n) is 26.3. The van der Waals surface area contributed by atoms with E-state index in [9.17, 15) is 5.11 Å². The van der Waals surface area contributed by atoms with Gasteiger partial charge in [0.05, 0.1) is 28.5 Å². The third-order valence-electron chi connectivity index (χ3n) is 8.23. The number of aryl methyl sites for hydroxylation is 1. The van der Waals surface area contributed by atoms with Crippen molar-refractivity contribution in [3.63, 3.8) is 0 Å². The number of fused-ring (bicyclic) bond motifs is 1. The predicted octanol–water partition coefficient (Wildman–Crippen LogP) is 1.26. The number of halogens is 2. The third-order valence-corrected chi connectivity index (χ3v) is 10.5. The van der Waals surface area contributed by atoms with Gasteiger partial charge < -0.3 is 15.0 Å². The molecular formula is C26H21B14Cl2N3OS2. The molecule has 4 aromatic rings. The zero-order valence-corrected chi connectivity index (χ0v) is 29.4. The Morgan fingerprint density at radius 1 is 0.854 bits per heavy atom. The van der Waals surface area contributed by atoms with Gasteiger partial charge in [-0.1, -0.05) is 65.8 Å². The van der Waals surface area contributed by atoms with E-state index in [1.807, 2.05) is 54.1 Å². The first kappa shape index (κ1) is 39.3. The first-order valence-corrected chi connectivity index (χ1v) is 17.2. The van der Waals surface area contributed by atoms with Gasteiger partial charge in [0.15, 0.2) is 5.60 Å². The highest BCUT2D eigenvalue weighted by Crippen LogP contribution is 2.45. The number of benzene rings is 3. The van der Waals surface area contributed by atoms with E-state index in [-0.39, 0.29) is 5.25 Å². The molecule has 0 amide bonds. The van der Waals surface area contributed by atoms with Crippen molar-refractivity contribution in [1.82, 2.24) is 9.55 Å². The fraction of sp³-hybridized carbons (Fsp3) is 0.154. The average molecular weight is 678 g/mol. The summed E-state index contributed by atoms with van der Waals surface area (Å²) in [5, 5.41) is 17.0. The molecule has 214 valence electrons. The number of aromatic nitrogens is 2. The second kappa shape index (κ2) is 17.2. The standard InChI is InChI=1S/C26H21Cl2N3OS2.B14/c1-31-15-29-13-23(31)26(32,17-5-8-19(27)9-6-17)18-7-10-22-21(12-18)25(34-14-24(33)30-22)16-3-2-4-20(28)11-16;1-9(2)13(10(3)4)14(11(5)6)12(7)8/h2-13,15,25,32H,14H2,1H3,(H,30,33);. The van der Waals surface area contributed by atoms with E-state index >= 15 is 0 Å². The smallest absolute Gasteiger partial charge is 0.156 e. The molecule has 2 N–H and O–H groups in total. The van der Waals surface area contributed by atoms with E-state index in [0.717, 1.165) is 27.4 Å². The lowest BCUT2D eigenvalue weighted by Crippen LogP contribution is -2.72. The number of anilines is 1. The normalized spacial score (nSPS) is 14.9. The summed E-state index contributed by atoms with van der Waals surface area (Å²) in [7, 11) is 45.9. The summed E-state index contributed by atoms with van der Waals surface area (Å²) in [6.07, 6.45) is -0.701. The Hall–Kier alpha value is -1.44. The third kappa shape index (κ3) is 9.07. The number of nitrogens with zero attached hydrogens (tertiary/aromatic N) is 2. The number of hydrogen-bond donors (Lipinski definition) is 2. The quantitative estimate of drug-likeness (QED) is 0.207. The Morgan fingerprint density at radius 3 is 1.96 bits per heavy atom. The number of aliphatic hydroxyl groups is 1. The summed E-state index contributed by atoms with van der Waals surface area (Å²) in [4.78, 5) is 5.04. The highest BCUT2D eigenvalue weighted by atomic mass is 35.5. The van der Waals surface area contributed by atoms with Gasteiger partial charge in [0, 0.05) is 129 Å². The van der Waals surface area contributed by atoms with Crippen molar-refractivity contribution in [1.29, 1.82) is 0 Å². The molecule has 0 saturated heterocycles. The van der Waals surface area contributed by atoms with E-state index in [1.165, 1.54) is 0 Å². The van der Waals surface area contributed by atoms with E-state index in [1.54, 1.807) is 36.4 Å². The molecule has 48 heavy (non-hydrogen) atoms. The fourth-order valence-corrected chi connectivity index (χ4v) is 7.64. The minimum atomic E-state index is -1.44. The number of rotatable bonds is 9. The molecule has 1 aliphatic heterocycles. The van der Waals surface area contributed by atoms with Crippen LogP contribution >= 0.6 is 47.2 Å². The molecule has 0 aliphatic carbocycles. The molecule has 16 radical (unpaired) electrons. The maximum Gasteiger partial charge on any atom is 0.156 e. The lowest BCUT2D eigenvalue weighted by molar-refractivity contribution is 0.117. The van der Waals surface area contributed by atoms with Gasteiger partial charge in [-0.2, -0.15) is 0 Å². The van der Waals surface area contributed by atoms with Crippen molar-refractivity contribution >= 4 is 158 Å². The zero-order chi connectivity index (χ0) is 35.3. The van der Waals surface area contributed by atoms with Gasteiger partial charge in [0.25, 0.3) is 0 Å². The SMILES string of the molecule is Cn1cncc1C(O)(c1ccc(Cl)cc1)c1ccc2c(c1)C(c1cccc(Cl)c1)SCC(=S)N2.[B]B([B])B(B([B])[B])B(B([B])[B])B([B])[B]. The van der Waals surface area contributed by atoms with Crippen LogP contribution in [0.3, 0.4) is 0 Å². The summed E-state index contributed by atoms with van der Waals surface area (Å²) < 4.78 is 1.83. The van der Waals surface area contributed by atoms with Gasteiger partial charge in [-0.3, -0.25) is 0 Å². The molecule has 2 atom stereocenters. The summed E-state index contributed by atoms with van der Waals surface area (Å²) in [5.41, 5.74) is 3.66. The van der Waals surface area contributed by atoms with Crippen molar-refractivity contribution in [2.24, 2.45) is 7.05 Å². The molecule has 0 saturated carbocycles. The number of thioether (sulfide) groups is 1. The van der Waals surface area contributed by atoms with Crippen LogP contribution in [0.2, 0.25) is 10.0 Å². The Labute approximate surface area is 316 Å². The molecule has 0 fully saturated rings. The van der Waals surface area contributed by atoms with Crippen molar-refractivity contribution < 1.29 is 5.11 Å². The molecule has 0 spiro atoms. The molecule has 1 aliphatic rings. The molecule has 5 rings (SSSR count). The molecule has 3 aromatic carbocycles. The first-order valence-electron chi connectivity index (χ1n) is 15.0. The lowest BCUT2D eigenvalue weighted by Gasteiger charge is -2.34. The molecule has 2 unspecified atom stereocenters. The number of hydrogen-bond acceptors (Lipinski definition) is 4. The largest absolute Gasteiger partial charge is 0.374 e. The van der Waals surface area contributed by atoms with Crippen molar-refractivity contribution in [2.45, 2.75) is 10.9 Å². The summed E-state index contributed by atoms with van der Waals surface area (Å²) in [5.74, 6) is 0.680. The van der Waals surface area contributed by atoms with Gasteiger partial charge in [0.2, 0.25) is 0 Å². The van der Waals surface area contributed by atoms with Crippen LogP contribution in [0, 0.1) is 0 Å². The molecular weight excluding hydrogens is 657 g/mol. The fourth-order valence-electron chi connectivity index (χ4n) is 5.90.